The molecule has 0 fully saturated rings. The summed E-state index contributed by atoms with van der Waals surface area (Å²) in [6, 6.07) is 14.3. The Morgan fingerprint density at radius 3 is 2.33 bits per heavy atom. The van der Waals surface area contributed by atoms with Crippen LogP contribution in [0.5, 0.6) is 5.75 Å². The molecule has 2 N–H and O–H groups in total. The Morgan fingerprint density at radius 2 is 1.74 bits per heavy atom. The van der Waals surface area contributed by atoms with Gasteiger partial charge >= 0.3 is 5.97 Å². The first-order chi connectivity index (χ1) is 13.0. The summed E-state index contributed by atoms with van der Waals surface area (Å²) in [6.45, 7) is 4.40. The van der Waals surface area contributed by atoms with Crippen molar-refractivity contribution >= 4 is 28.2 Å². The molecule has 0 spiro atoms. The van der Waals surface area contributed by atoms with E-state index in [-0.39, 0.29) is 11.5 Å². The molecule has 138 valence electrons. The van der Waals surface area contributed by atoms with Gasteiger partial charge in [0.2, 0.25) is 0 Å². The van der Waals surface area contributed by atoms with Crippen molar-refractivity contribution in [2.24, 2.45) is 0 Å². The summed E-state index contributed by atoms with van der Waals surface area (Å²) in [7, 11) is 0. The molecule has 3 aromatic rings. The Labute approximate surface area is 161 Å². The Kier molecular flexibility index (Phi) is 5.57. The lowest BCUT2D eigenvalue weighted by Crippen LogP contribution is -2.13. The number of carbonyl (C=O) groups is 2. The van der Waals surface area contributed by atoms with Gasteiger partial charge in [-0.15, -0.1) is 11.3 Å². The first-order valence-electron chi connectivity index (χ1n) is 8.45. The van der Waals surface area contributed by atoms with Crippen LogP contribution < -0.4 is 10.1 Å². The molecule has 0 aliphatic carbocycles. The highest BCUT2D eigenvalue weighted by Gasteiger charge is 2.21. The summed E-state index contributed by atoms with van der Waals surface area (Å²) in [5.74, 6) is -0.696. The van der Waals surface area contributed by atoms with E-state index in [4.69, 9.17) is 4.74 Å². The predicted octanol–water partition coefficient (Wildman–Crippen LogP) is 5.07. The van der Waals surface area contributed by atoms with E-state index in [9.17, 15) is 14.7 Å². The number of aromatic carboxylic acids is 1. The average Bonchev–Trinajstić information content (AvgIpc) is 3.07. The number of aryl methyl sites for hydroxylation is 1. The second-order valence-electron chi connectivity index (χ2n) is 5.94. The Hall–Kier alpha value is -3.12. The van der Waals surface area contributed by atoms with Crippen molar-refractivity contribution in [2.75, 3.05) is 11.9 Å². The third-order valence-corrected chi connectivity index (χ3v) is 4.92. The number of carboxylic acids is 1. The second kappa shape index (κ2) is 8.05. The molecule has 1 heterocycles. The van der Waals surface area contributed by atoms with Gasteiger partial charge in [-0.05, 0) is 43.7 Å². The molecule has 2 aromatic carbocycles. The van der Waals surface area contributed by atoms with Gasteiger partial charge in [-0.2, -0.15) is 0 Å². The van der Waals surface area contributed by atoms with E-state index in [2.05, 4.69) is 5.32 Å². The molecule has 0 unspecified atom stereocenters. The number of rotatable bonds is 6. The highest BCUT2D eigenvalue weighted by atomic mass is 32.1. The molecule has 0 saturated heterocycles. The molecule has 1 aromatic heterocycles. The first kappa shape index (κ1) is 18.7. The third kappa shape index (κ3) is 4.17. The summed E-state index contributed by atoms with van der Waals surface area (Å²) in [5, 5.41) is 14.5. The number of thiophene rings is 1. The number of amides is 1. The van der Waals surface area contributed by atoms with Crippen LogP contribution in [0.25, 0.3) is 11.1 Å². The van der Waals surface area contributed by atoms with Crippen LogP contribution in [-0.2, 0) is 0 Å². The maximum absolute atomic E-state index is 12.4. The van der Waals surface area contributed by atoms with Crippen LogP contribution >= 0.6 is 11.3 Å². The molecule has 5 nitrogen and oxygen atoms in total. The van der Waals surface area contributed by atoms with Crippen LogP contribution in [0.15, 0.2) is 53.9 Å². The lowest BCUT2D eigenvalue weighted by Gasteiger charge is -2.07. The average molecular weight is 381 g/mol. The first-order valence-corrected chi connectivity index (χ1v) is 9.33. The molecular formula is C21H19NO4S. The van der Waals surface area contributed by atoms with Crippen molar-refractivity contribution in [3.05, 3.63) is 70.6 Å². The van der Waals surface area contributed by atoms with Crippen LogP contribution in [0.3, 0.4) is 0 Å². The zero-order valence-corrected chi connectivity index (χ0v) is 15.8. The van der Waals surface area contributed by atoms with E-state index in [1.54, 1.807) is 29.6 Å². The van der Waals surface area contributed by atoms with Gasteiger partial charge in [-0.1, -0.05) is 29.8 Å². The van der Waals surface area contributed by atoms with Crippen LogP contribution in [-0.4, -0.2) is 23.6 Å². The largest absolute Gasteiger partial charge is 0.494 e. The van der Waals surface area contributed by atoms with Gasteiger partial charge in [-0.25, -0.2) is 4.79 Å². The van der Waals surface area contributed by atoms with E-state index in [1.165, 1.54) is 11.3 Å². The summed E-state index contributed by atoms with van der Waals surface area (Å²) in [4.78, 5) is 24.3. The number of benzene rings is 2. The van der Waals surface area contributed by atoms with E-state index in [0.717, 1.165) is 16.9 Å². The molecule has 3 rings (SSSR count). The van der Waals surface area contributed by atoms with E-state index >= 15 is 0 Å². The molecule has 0 saturated carbocycles. The number of carboxylic acid groups (broad SMARTS) is 1. The number of ether oxygens (including phenoxy) is 1. The minimum Gasteiger partial charge on any atom is -0.494 e. The van der Waals surface area contributed by atoms with Gasteiger partial charge < -0.3 is 15.2 Å². The fourth-order valence-electron chi connectivity index (χ4n) is 2.65. The Bertz CT molecular complexity index is 959. The van der Waals surface area contributed by atoms with Crippen molar-refractivity contribution < 1.29 is 19.4 Å². The fourth-order valence-corrected chi connectivity index (χ4v) is 3.61. The summed E-state index contributed by atoms with van der Waals surface area (Å²) in [5.41, 5.74) is 2.93. The van der Waals surface area contributed by atoms with Crippen LogP contribution in [0.2, 0.25) is 0 Å². The molecule has 0 bridgehead atoms. The summed E-state index contributed by atoms with van der Waals surface area (Å²) in [6.07, 6.45) is 0. The summed E-state index contributed by atoms with van der Waals surface area (Å²) < 4.78 is 5.42. The monoisotopic (exact) mass is 381 g/mol. The molecule has 0 radical (unpaired) electrons. The molecule has 0 aliphatic rings. The van der Waals surface area contributed by atoms with Gasteiger partial charge in [0.1, 0.15) is 16.3 Å². The van der Waals surface area contributed by atoms with Gasteiger partial charge in [0.25, 0.3) is 5.91 Å². The number of hydrogen-bond acceptors (Lipinski definition) is 4. The van der Waals surface area contributed by atoms with Crippen LogP contribution in [0, 0.1) is 6.92 Å². The van der Waals surface area contributed by atoms with Gasteiger partial charge in [-0.3, -0.25) is 4.79 Å². The lowest BCUT2D eigenvalue weighted by atomic mass is 10.0. The van der Waals surface area contributed by atoms with E-state index in [0.29, 0.717) is 22.7 Å². The molecule has 1 amide bonds. The standard InChI is InChI=1S/C21H19NO4S/c1-3-26-16-10-8-14(9-11-16)17-12-27-20(18(17)21(24)25)22-19(23)15-6-4-13(2)5-7-15/h4-12H,3H2,1-2H3,(H,22,23)(H,24,25). The smallest absolute Gasteiger partial charge is 0.339 e. The van der Waals surface area contributed by atoms with Crippen molar-refractivity contribution in [3.8, 4) is 16.9 Å². The minimum atomic E-state index is -1.08. The van der Waals surface area contributed by atoms with Gasteiger partial charge in [0, 0.05) is 16.5 Å². The molecule has 27 heavy (non-hydrogen) atoms. The molecule has 0 aliphatic heterocycles. The number of hydrogen-bond donors (Lipinski definition) is 2. The molecule has 0 atom stereocenters. The van der Waals surface area contributed by atoms with E-state index < -0.39 is 5.97 Å². The Balaban J connectivity index is 1.90. The number of anilines is 1. The third-order valence-electron chi connectivity index (χ3n) is 4.02. The number of carbonyl (C=O) groups excluding carboxylic acids is 1. The Morgan fingerprint density at radius 1 is 1.07 bits per heavy atom. The van der Waals surface area contributed by atoms with Gasteiger partial charge in [0.05, 0.1) is 6.61 Å². The van der Waals surface area contributed by atoms with Crippen molar-refractivity contribution in [2.45, 2.75) is 13.8 Å². The normalized spacial score (nSPS) is 10.4. The highest BCUT2D eigenvalue weighted by molar-refractivity contribution is 7.15. The summed E-state index contributed by atoms with van der Waals surface area (Å²) >= 11 is 1.20. The molecular weight excluding hydrogens is 362 g/mol. The minimum absolute atomic E-state index is 0.0876. The maximum atomic E-state index is 12.4. The van der Waals surface area contributed by atoms with Gasteiger partial charge in [0.15, 0.2) is 0 Å². The maximum Gasteiger partial charge on any atom is 0.339 e. The number of nitrogens with one attached hydrogen (secondary N) is 1. The topological polar surface area (TPSA) is 75.6 Å². The zero-order chi connectivity index (χ0) is 19.4. The second-order valence-corrected chi connectivity index (χ2v) is 6.82. The van der Waals surface area contributed by atoms with Crippen molar-refractivity contribution in [1.82, 2.24) is 0 Å². The van der Waals surface area contributed by atoms with Crippen molar-refractivity contribution in [1.29, 1.82) is 0 Å². The van der Waals surface area contributed by atoms with Crippen LogP contribution in [0.1, 0.15) is 33.2 Å². The molecule has 6 heteroatoms. The SMILES string of the molecule is CCOc1ccc(-c2csc(NC(=O)c3ccc(C)cc3)c2C(=O)O)cc1. The fraction of sp³-hybridized carbons (Fsp3) is 0.143. The predicted molar refractivity (Wildman–Crippen MR) is 107 cm³/mol. The highest BCUT2D eigenvalue weighted by Crippen LogP contribution is 2.36. The lowest BCUT2D eigenvalue weighted by molar-refractivity contribution is 0.0699. The zero-order valence-electron chi connectivity index (χ0n) is 15.0. The van der Waals surface area contributed by atoms with E-state index in [1.807, 2.05) is 38.1 Å². The quantitative estimate of drug-likeness (QED) is 0.625. The van der Waals surface area contributed by atoms with Crippen molar-refractivity contribution in [3.63, 3.8) is 0 Å². The van der Waals surface area contributed by atoms with Crippen LogP contribution in [0.4, 0.5) is 5.00 Å².